The van der Waals surface area contributed by atoms with E-state index in [-0.39, 0.29) is 18.4 Å². The summed E-state index contributed by atoms with van der Waals surface area (Å²) in [4.78, 5) is 27.7. The molecule has 1 aliphatic heterocycles. The lowest BCUT2D eigenvalue weighted by Gasteiger charge is -2.23. The largest absolute Gasteiger partial charge is 0.484 e. The van der Waals surface area contributed by atoms with Crippen LogP contribution in [0.3, 0.4) is 0 Å². The highest BCUT2D eigenvalue weighted by molar-refractivity contribution is 6.30. The summed E-state index contributed by atoms with van der Waals surface area (Å²) in [6.07, 6.45) is 1.99. The van der Waals surface area contributed by atoms with E-state index in [1.54, 1.807) is 30.6 Å². The zero-order valence-electron chi connectivity index (χ0n) is 14.8. The van der Waals surface area contributed by atoms with Crippen LogP contribution in [0.1, 0.15) is 23.6 Å². The van der Waals surface area contributed by atoms with Crippen LogP contribution in [0.2, 0.25) is 5.02 Å². The molecule has 142 valence electrons. The Hall–Kier alpha value is -3.32. The Labute approximate surface area is 166 Å². The van der Waals surface area contributed by atoms with E-state index in [0.717, 1.165) is 16.9 Å². The Kier molecular flexibility index (Phi) is 4.75. The van der Waals surface area contributed by atoms with E-state index in [1.807, 2.05) is 28.8 Å². The van der Waals surface area contributed by atoms with Gasteiger partial charge in [-0.05, 0) is 42.0 Å². The number of ether oxygens (including phenoxy) is 1. The maximum absolute atomic E-state index is 12.3. The van der Waals surface area contributed by atoms with Gasteiger partial charge in [-0.25, -0.2) is 4.98 Å². The number of carbonyl (C=O) groups excluding carboxylic acids is 2. The topological polar surface area (TPSA) is 99.2 Å². The maximum Gasteiger partial charge on any atom is 0.255 e. The van der Waals surface area contributed by atoms with E-state index in [9.17, 15) is 9.59 Å². The Bertz CT molecular complexity index is 1030. The Balaban J connectivity index is 1.65. The van der Waals surface area contributed by atoms with E-state index >= 15 is 0 Å². The highest BCUT2D eigenvalue weighted by Gasteiger charge is 2.31. The van der Waals surface area contributed by atoms with Gasteiger partial charge in [0, 0.05) is 23.0 Å². The molecule has 7 nitrogen and oxygen atoms in total. The van der Waals surface area contributed by atoms with Crippen molar-refractivity contribution in [2.24, 2.45) is 5.73 Å². The van der Waals surface area contributed by atoms with Gasteiger partial charge in [0.15, 0.2) is 6.61 Å². The molecule has 2 amide bonds. The van der Waals surface area contributed by atoms with Gasteiger partial charge in [-0.2, -0.15) is 0 Å². The number of primary amides is 1. The molecule has 0 saturated heterocycles. The van der Waals surface area contributed by atoms with Gasteiger partial charge in [0.1, 0.15) is 17.9 Å². The van der Waals surface area contributed by atoms with E-state index < -0.39 is 5.91 Å². The Morgan fingerprint density at radius 2 is 1.93 bits per heavy atom. The second kappa shape index (κ2) is 7.36. The van der Waals surface area contributed by atoms with Crippen LogP contribution in [0.25, 0.3) is 5.69 Å². The predicted molar refractivity (Wildman–Crippen MR) is 105 cm³/mol. The van der Waals surface area contributed by atoms with Gasteiger partial charge in [-0.1, -0.05) is 23.7 Å². The lowest BCUT2D eigenvalue weighted by molar-refractivity contribution is -0.120. The monoisotopic (exact) mass is 396 g/mol. The molecule has 8 heteroatoms. The third-order valence-electron chi connectivity index (χ3n) is 4.54. The maximum atomic E-state index is 12.3. The fourth-order valence-corrected chi connectivity index (χ4v) is 3.36. The number of aromatic nitrogens is 2. The molecule has 2 heterocycles. The molecule has 0 aliphatic carbocycles. The molecule has 28 heavy (non-hydrogen) atoms. The van der Waals surface area contributed by atoms with E-state index in [2.05, 4.69) is 10.3 Å². The molecule has 0 fully saturated rings. The second-order valence-corrected chi connectivity index (χ2v) is 6.89. The van der Waals surface area contributed by atoms with E-state index in [4.69, 9.17) is 22.1 Å². The lowest BCUT2D eigenvalue weighted by atomic mass is 9.90. The van der Waals surface area contributed by atoms with Gasteiger partial charge in [-0.3, -0.25) is 14.2 Å². The third kappa shape index (κ3) is 3.57. The zero-order chi connectivity index (χ0) is 19.7. The van der Waals surface area contributed by atoms with Gasteiger partial charge in [0.25, 0.3) is 5.91 Å². The highest BCUT2D eigenvalue weighted by Crippen LogP contribution is 2.37. The SMILES string of the molecule is NC(=O)COc1ccc([C@H]2CC(=O)Nc3c2ncn3-c2ccc(Cl)cc2)cc1. The first kappa shape index (κ1) is 18.1. The van der Waals surface area contributed by atoms with Crippen LogP contribution in [-0.2, 0) is 9.59 Å². The second-order valence-electron chi connectivity index (χ2n) is 6.45. The summed E-state index contributed by atoms with van der Waals surface area (Å²) in [6.45, 7) is -0.180. The third-order valence-corrected chi connectivity index (χ3v) is 4.79. The van der Waals surface area contributed by atoms with Crippen molar-refractivity contribution in [2.75, 3.05) is 11.9 Å². The van der Waals surface area contributed by atoms with Crippen LogP contribution in [0.4, 0.5) is 5.82 Å². The van der Waals surface area contributed by atoms with Gasteiger partial charge in [-0.15, -0.1) is 0 Å². The summed E-state index contributed by atoms with van der Waals surface area (Å²) < 4.78 is 7.12. The normalized spacial score (nSPS) is 15.6. The van der Waals surface area contributed by atoms with Crippen LogP contribution >= 0.6 is 11.6 Å². The minimum absolute atomic E-state index is 0.0812. The average Bonchev–Trinajstić information content (AvgIpc) is 3.10. The number of nitrogens with zero attached hydrogens (tertiary/aromatic N) is 2. The summed E-state index contributed by atoms with van der Waals surface area (Å²) in [5.41, 5.74) is 7.67. The first-order valence-electron chi connectivity index (χ1n) is 8.65. The number of imidazole rings is 1. The number of rotatable bonds is 5. The average molecular weight is 397 g/mol. The first-order chi connectivity index (χ1) is 13.5. The van der Waals surface area contributed by atoms with Crippen molar-refractivity contribution in [2.45, 2.75) is 12.3 Å². The van der Waals surface area contributed by atoms with Gasteiger partial charge < -0.3 is 15.8 Å². The summed E-state index contributed by atoms with van der Waals surface area (Å²) in [5.74, 6) is 0.391. The highest BCUT2D eigenvalue weighted by atomic mass is 35.5. The molecule has 1 aromatic heterocycles. The van der Waals surface area contributed by atoms with Crippen molar-refractivity contribution in [3.63, 3.8) is 0 Å². The molecule has 1 aliphatic rings. The number of nitrogens with one attached hydrogen (secondary N) is 1. The summed E-state index contributed by atoms with van der Waals surface area (Å²) in [7, 11) is 0. The van der Waals surface area contributed by atoms with Crippen molar-refractivity contribution in [3.05, 3.63) is 71.1 Å². The number of hydrogen-bond donors (Lipinski definition) is 2. The molecule has 0 saturated carbocycles. The standard InChI is InChI=1S/C20H17ClN4O3/c21-13-3-5-14(6-4-13)25-11-23-19-16(9-18(27)24-20(19)25)12-1-7-15(8-2-12)28-10-17(22)26/h1-8,11,16H,9-10H2,(H2,22,26)(H,24,27)/t16-/m1/s1. The number of halogens is 1. The molecular weight excluding hydrogens is 380 g/mol. The minimum Gasteiger partial charge on any atom is -0.484 e. The van der Waals surface area contributed by atoms with Gasteiger partial charge in [0.05, 0.1) is 5.69 Å². The van der Waals surface area contributed by atoms with E-state index in [0.29, 0.717) is 23.0 Å². The summed E-state index contributed by atoms with van der Waals surface area (Å²) in [5, 5.41) is 3.56. The van der Waals surface area contributed by atoms with Crippen molar-refractivity contribution >= 4 is 29.2 Å². The van der Waals surface area contributed by atoms with Gasteiger partial charge in [0.2, 0.25) is 5.91 Å². The molecule has 3 N–H and O–H groups in total. The van der Waals surface area contributed by atoms with Gasteiger partial charge >= 0.3 is 0 Å². The molecule has 0 spiro atoms. The van der Waals surface area contributed by atoms with Crippen molar-refractivity contribution in [1.82, 2.24) is 9.55 Å². The number of anilines is 1. The van der Waals surface area contributed by atoms with Crippen molar-refractivity contribution in [1.29, 1.82) is 0 Å². The number of amides is 2. The molecule has 3 aromatic rings. The molecule has 0 bridgehead atoms. The number of carbonyl (C=O) groups is 2. The quantitative estimate of drug-likeness (QED) is 0.692. The first-order valence-corrected chi connectivity index (χ1v) is 9.03. The lowest BCUT2D eigenvalue weighted by Crippen LogP contribution is -2.25. The number of hydrogen-bond acceptors (Lipinski definition) is 4. The number of benzene rings is 2. The van der Waals surface area contributed by atoms with Crippen LogP contribution in [0.5, 0.6) is 5.75 Å². The molecular formula is C20H17ClN4O3. The summed E-state index contributed by atoms with van der Waals surface area (Å²) >= 11 is 5.96. The predicted octanol–water partition coefficient (Wildman–Crippen LogP) is 2.86. The van der Waals surface area contributed by atoms with Crippen LogP contribution < -0.4 is 15.8 Å². The number of fused-ring (bicyclic) bond motifs is 1. The van der Waals surface area contributed by atoms with Crippen molar-refractivity contribution < 1.29 is 14.3 Å². The summed E-state index contributed by atoms with van der Waals surface area (Å²) in [6, 6.07) is 14.5. The Morgan fingerprint density at radius 3 is 2.61 bits per heavy atom. The molecule has 2 aromatic carbocycles. The molecule has 4 rings (SSSR count). The fraction of sp³-hybridized carbons (Fsp3) is 0.150. The van der Waals surface area contributed by atoms with Crippen LogP contribution in [0.15, 0.2) is 54.9 Å². The zero-order valence-corrected chi connectivity index (χ0v) is 15.5. The van der Waals surface area contributed by atoms with Crippen LogP contribution in [0, 0.1) is 0 Å². The molecule has 0 unspecified atom stereocenters. The van der Waals surface area contributed by atoms with Crippen molar-refractivity contribution in [3.8, 4) is 11.4 Å². The van der Waals surface area contributed by atoms with Crippen LogP contribution in [-0.4, -0.2) is 28.0 Å². The molecule has 1 atom stereocenters. The van der Waals surface area contributed by atoms with E-state index in [1.165, 1.54) is 0 Å². The minimum atomic E-state index is -0.537. The molecule has 0 radical (unpaired) electrons. The smallest absolute Gasteiger partial charge is 0.255 e. The number of nitrogens with two attached hydrogens (primary N) is 1. The Morgan fingerprint density at radius 1 is 1.21 bits per heavy atom. The fourth-order valence-electron chi connectivity index (χ4n) is 3.23.